The van der Waals surface area contributed by atoms with Gasteiger partial charge in [-0.2, -0.15) is 13.2 Å². The lowest BCUT2D eigenvalue weighted by Gasteiger charge is -2.33. The molecule has 2 aliphatic rings. The molecule has 1 aromatic rings. The molecule has 0 radical (unpaired) electrons. The highest BCUT2D eigenvalue weighted by molar-refractivity contribution is 5.71. The van der Waals surface area contributed by atoms with Gasteiger partial charge in [0, 0.05) is 32.2 Å². The minimum absolute atomic E-state index is 0.120. The number of anilines is 2. The Bertz CT molecular complexity index is 635. The van der Waals surface area contributed by atoms with Crippen molar-refractivity contribution in [2.75, 3.05) is 49.2 Å². The van der Waals surface area contributed by atoms with Crippen LogP contribution in [0.3, 0.4) is 0 Å². The van der Waals surface area contributed by atoms with Gasteiger partial charge in [-0.1, -0.05) is 0 Å². The summed E-state index contributed by atoms with van der Waals surface area (Å²) >= 11 is 0. The van der Waals surface area contributed by atoms with Crippen molar-refractivity contribution in [3.63, 3.8) is 0 Å². The van der Waals surface area contributed by atoms with Gasteiger partial charge in [-0.15, -0.1) is 0 Å². The molecule has 2 fully saturated rings. The molecule has 25 heavy (non-hydrogen) atoms. The van der Waals surface area contributed by atoms with Crippen molar-refractivity contribution in [3.05, 3.63) is 11.9 Å². The van der Waals surface area contributed by atoms with E-state index in [1.807, 2.05) is 0 Å². The summed E-state index contributed by atoms with van der Waals surface area (Å²) in [6, 6.07) is 1.50. The van der Waals surface area contributed by atoms with Gasteiger partial charge in [-0.05, 0) is 12.8 Å². The predicted molar refractivity (Wildman–Crippen MR) is 82.6 cm³/mol. The maximum Gasteiger partial charge on any atom is 0.451 e. The summed E-state index contributed by atoms with van der Waals surface area (Å²) in [7, 11) is 0. The zero-order chi connectivity index (χ0) is 18.0. The first kappa shape index (κ1) is 17.7. The topological polar surface area (TPSA) is 78.8 Å². The van der Waals surface area contributed by atoms with Gasteiger partial charge < -0.3 is 19.6 Å². The number of rotatable bonds is 3. The Labute approximate surface area is 142 Å². The van der Waals surface area contributed by atoms with E-state index in [1.54, 1.807) is 9.80 Å². The summed E-state index contributed by atoms with van der Waals surface area (Å²) in [6.45, 7) is 2.36. The lowest BCUT2D eigenvalue weighted by Crippen LogP contribution is -2.40. The number of hydrogen-bond donors (Lipinski definition) is 1. The van der Waals surface area contributed by atoms with Crippen LogP contribution in [0.1, 0.15) is 18.7 Å². The number of aliphatic carboxylic acids is 1. The van der Waals surface area contributed by atoms with E-state index in [0.29, 0.717) is 45.7 Å². The first-order valence-corrected chi connectivity index (χ1v) is 8.11. The number of ether oxygens (including phenoxy) is 1. The number of carbonyl (C=O) groups is 1. The molecule has 0 unspecified atom stereocenters. The fraction of sp³-hybridized carbons (Fsp3) is 0.667. The number of morpholine rings is 1. The van der Waals surface area contributed by atoms with Crippen LogP contribution in [0.4, 0.5) is 24.8 Å². The molecule has 0 aliphatic carbocycles. The molecule has 1 atom stereocenters. The van der Waals surface area contributed by atoms with Crippen LogP contribution in [-0.2, 0) is 15.7 Å². The largest absolute Gasteiger partial charge is 0.481 e. The van der Waals surface area contributed by atoms with Crippen molar-refractivity contribution < 1.29 is 27.8 Å². The summed E-state index contributed by atoms with van der Waals surface area (Å²) in [5, 5.41) is 9.18. The number of halogens is 3. The number of hydrogen-bond acceptors (Lipinski definition) is 6. The van der Waals surface area contributed by atoms with Gasteiger partial charge in [0.15, 0.2) is 0 Å². The zero-order valence-electron chi connectivity index (χ0n) is 13.5. The summed E-state index contributed by atoms with van der Waals surface area (Å²) < 4.78 is 44.8. The molecular weight excluding hydrogens is 341 g/mol. The zero-order valence-corrected chi connectivity index (χ0v) is 13.5. The van der Waals surface area contributed by atoms with E-state index in [4.69, 9.17) is 4.74 Å². The van der Waals surface area contributed by atoms with Gasteiger partial charge in [0.25, 0.3) is 0 Å². The van der Waals surface area contributed by atoms with Crippen LogP contribution in [-0.4, -0.2) is 60.4 Å². The molecule has 138 valence electrons. The van der Waals surface area contributed by atoms with Crippen molar-refractivity contribution in [1.82, 2.24) is 9.97 Å². The highest BCUT2D eigenvalue weighted by Crippen LogP contribution is 2.32. The average Bonchev–Trinajstić information content (AvgIpc) is 2.61. The van der Waals surface area contributed by atoms with Crippen molar-refractivity contribution >= 4 is 17.6 Å². The molecule has 3 heterocycles. The van der Waals surface area contributed by atoms with Gasteiger partial charge in [0.2, 0.25) is 5.82 Å². The number of alkyl halides is 3. The number of carboxylic acids is 1. The van der Waals surface area contributed by atoms with Crippen molar-refractivity contribution in [3.8, 4) is 0 Å². The number of aromatic nitrogens is 2. The molecule has 7 nitrogen and oxygen atoms in total. The SMILES string of the molecule is O=C(O)[C@@H]1CCCN(c2cc(N3CCOCC3)nc(C(F)(F)F)n2)C1. The Morgan fingerprint density at radius 2 is 1.80 bits per heavy atom. The number of piperidine rings is 1. The van der Waals surface area contributed by atoms with Crippen molar-refractivity contribution in [2.24, 2.45) is 5.92 Å². The lowest BCUT2D eigenvalue weighted by molar-refractivity contribution is -0.145. The molecular formula is C15H19F3N4O3. The monoisotopic (exact) mass is 360 g/mol. The van der Waals surface area contributed by atoms with E-state index < -0.39 is 23.9 Å². The fourth-order valence-electron chi connectivity index (χ4n) is 3.05. The Morgan fingerprint density at radius 1 is 1.16 bits per heavy atom. The highest BCUT2D eigenvalue weighted by atomic mass is 19.4. The van der Waals surface area contributed by atoms with Gasteiger partial charge in [0.1, 0.15) is 11.6 Å². The predicted octanol–water partition coefficient (Wildman–Crippen LogP) is 1.63. The maximum atomic E-state index is 13.2. The molecule has 0 amide bonds. The van der Waals surface area contributed by atoms with E-state index in [9.17, 15) is 23.1 Å². The molecule has 1 N–H and O–H groups in total. The number of carboxylic acid groups (broad SMARTS) is 1. The van der Waals surface area contributed by atoms with Crippen LogP contribution in [0.5, 0.6) is 0 Å². The first-order valence-electron chi connectivity index (χ1n) is 8.11. The third-order valence-electron chi connectivity index (χ3n) is 4.38. The molecule has 2 saturated heterocycles. The van der Waals surface area contributed by atoms with E-state index in [-0.39, 0.29) is 18.2 Å². The summed E-state index contributed by atoms with van der Waals surface area (Å²) in [5.41, 5.74) is 0. The van der Waals surface area contributed by atoms with Gasteiger partial charge in [-0.3, -0.25) is 4.79 Å². The Morgan fingerprint density at radius 3 is 2.40 bits per heavy atom. The maximum absolute atomic E-state index is 13.2. The van der Waals surface area contributed by atoms with Crippen LogP contribution in [0.2, 0.25) is 0 Å². The molecule has 0 bridgehead atoms. The van der Waals surface area contributed by atoms with E-state index in [1.165, 1.54) is 6.07 Å². The quantitative estimate of drug-likeness (QED) is 0.878. The van der Waals surface area contributed by atoms with Gasteiger partial charge >= 0.3 is 12.1 Å². The molecule has 0 saturated carbocycles. The first-order chi connectivity index (χ1) is 11.8. The van der Waals surface area contributed by atoms with Gasteiger partial charge in [0.05, 0.1) is 19.1 Å². The van der Waals surface area contributed by atoms with E-state index in [2.05, 4.69) is 9.97 Å². The molecule has 2 aliphatic heterocycles. The van der Waals surface area contributed by atoms with Crippen LogP contribution >= 0.6 is 0 Å². The minimum Gasteiger partial charge on any atom is -0.481 e. The van der Waals surface area contributed by atoms with Crippen LogP contribution in [0.15, 0.2) is 6.07 Å². The molecule has 10 heteroatoms. The summed E-state index contributed by atoms with van der Waals surface area (Å²) in [5.74, 6) is -2.44. The molecule has 1 aromatic heterocycles. The Hall–Kier alpha value is -2.10. The third kappa shape index (κ3) is 4.12. The normalized spacial score (nSPS) is 22.1. The smallest absolute Gasteiger partial charge is 0.451 e. The molecule has 0 spiro atoms. The molecule has 3 rings (SSSR count). The van der Waals surface area contributed by atoms with Crippen molar-refractivity contribution in [1.29, 1.82) is 0 Å². The standard InChI is InChI=1S/C15H19F3N4O3/c16-15(17,18)14-19-11(21-4-6-25-7-5-21)8-12(20-14)22-3-1-2-10(9-22)13(23)24/h8,10H,1-7,9H2,(H,23,24)/t10-/m1/s1. The summed E-state index contributed by atoms with van der Waals surface area (Å²) in [6.07, 6.45) is -3.56. The van der Waals surface area contributed by atoms with E-state index >= 15 is 0 Å². The average molecular weight is 360 g/mol. The van der Waals surface area contributed by atoms with Gasteiger partial charge in [-0.25, -0.2) is 9.97 Å². The Kier molecular flexibility index (Phi) is 4.98. The van der Waals surface area contributed by atoms with Crippen molar-refractivity contribution in [2.45, 2.75) is 19.0 Å². The lowest BCUT2D eigenvalue weighted by atomic mass is 9.98. The van der Waals surface area contributed by atoms with E-state index in [0.717, 1.165) is 0 Å². The molecule has 0 aromatic carbocycles. The fourth-order valence-corrected chi connectivity index (χ4v) is 3.05. The Balaban J connectivity index is 1.93. The van der Waals surface area contributed by atoms with Crippen LogP contribution in [0, 0.1) is 5.92 Å². The highest BCUT2D eigenvalue weighted by Gasteiger charge is 2.37. The van der Waals surface area contributed by atoms with Crippen LogP contribution in [0.25, 0.3) is 0 Å². The van der Waals surface area contributed by atoms with Crippen LogP contribution < -0.4 is 9.80 Å². The summed E-state index contributed by atoms with van der Waals surface area (Å²) in [4.78, 5) is 21.9. The second-order valence-electron chi connectivity index (χ2n) is 6.13. The second-order valence-corrected chi connectivity index (χ2v) is 6.13. The second kappa shape index (κ2) is 7.03. The minimum atomic E-state index is -4.67. The number of nitrogens with zero attached hydrogens (tertiary/aromatic N) is 4. The third-order valence-corrected chi connectivity index (χ3v) is 4.38.